The van der Waals surface area contributed by atoms with E-state index in [2.05, 4.69) is 9.97 Å². The molecule has 21 heavy (non-hydrogen) atoms. The summed E-state index contributed by atoms with van der Waals surface area (Å²) in [5.74, 6) is 0. The van der Waals surface area contributed by atoms with Crippen molar-refractivity contribution in [2.45, 2.75) is 0 Å². The number of nitrogens with one attached hydrogen (secondary N) is 2. The molecule has 0 unspecified atom stereocenters. The number of rotatable bonds is 1. The second-order valence-electron chi connectivity index (χ2n) is 4.86. The van der Waals surface area contributed by atoms with Crippen LogP contribution in [0.1, 0.15) is 0 Å². The zero-order valence-electron chi connectivity index (χ0n) is 10.7. The Balaban J connectivity index is 2.27. The number of non-ortho nitro benzene ring substituents is 1. The fourth-order valence-corrected chi connectivity index (χ4v) is 2.73. The number of aromatic amines is 2. The van der Waals surface area contributed by atoms with E-state index in [-0.39, 0.29) is 11.2 Å². The molecule has 2 aromatic carbocycles. The van der Waals surface area contributed by atoms with Crippen LogP contribution in [-0.2, 0) is 0 Å². The number of para-hydroxylation sites is 1. The summed E-state index contributed by atoms with van der Waals surface area (Å²) >= 11 is 0. The highest BCUT2D eigenvalue weighted by Crippen LogP contribution is 2.29. The first-order chi connectivity index (χ1) is 10.1. The lowest BCUT2D eigenvalue weighted by Crippen LogP contribution is -2.05. The highest BCUT2D eigenvalue weighted by atomic mass is 16.6. The van der Waals surface area contributed by atoms with Crippen molar-refractivity contribution in [3.8, 4) is 0 Å². The molecule has 0 aliphatic rings. The Kier molecular flexibility index (Phi) is 2.18. The maximum Gasteiger partial charge on any atom is 0.270 e. The largest absolute Gasteiger partial charge is 0.354 e. The van der Waals surface area contributed by atoms with Crippen LogP contribution >= 0.6 is 0 Å². The second-order valence-corrected chi connectivity index (χ2v) is 4.86. The molecule has 2 heterocycles. The number of H-pyrrole nitrogens is 2. The second kappa shape index (κ2) is 3.92. The quantitative estimate of drug-likeness (QED) is 0.414. The average molecular weight is 279 g/mol. The number of nitrogens with zero attached hydrogens (tertiary/aromatic N) is 1. The summed E-state index contributed by atoms with van der Waals surface area (Å²) in [7, 11) is 0. The number of fused-ring (bicyclic) bond motifs is 5. The molecule has 2 N–H and O–H groups in total. The molecule has 0 spiro atoms. The Morgan fingerprint density at radius 3 is 2.52 bits per heavy atom. The average Bonchev–Trinajstić information content (AvgIpc) is 2.86. The Labute approximate surface area is 117 Å². The molecule has 0 radical (unpaired) electrons. The molecule has 0 fully saturated rings. The van der Waals surface area contributed by atoms with Gasteiger partial charge in [-0.3, -0.25) is 14.9 Å². The molecule has 2 aromatic heterocycles. The van der Waals surface area contributed by atoms with Gasteiger partial charge in [0.2, 0.25) is 0 Å². The van der Waals surface area contributed by atoms with Crippen molar-refractivity contribution >= 4 is 38.4 Å². The lowest BCUT2D eigenvalue weighted by Gasteiger charge is -1.98. The summed E-state index contributed by atoms with van der Waals surface area (Å²) in [5.41, 5.74) is 1.85. The smallest absolute Gasteiger partial charge is 0.270 e. The maximum absolute atomic E-state index is 12.3. The van der Waals surface area contributed by atoms with Crippen LogP contribution in [0.4, 0.5) is 5.69 Å². The Morgan fingerprint density at radius 2 is 1.71 bits per heavy atom. The molecule has 4 aromatic rings. The van der Waals surface area contributed by atoms with Crippen molar-refractivity contribution in [2.24, 2.45) is 0 Å². The van der Waals surface area contributed by atoms with Crippen LogP contribution in [0.5, 0.6) is 0 Å². The van der Waals surface area contributed by atoms with Crippen molar-refractivity contribution in [2.75, 3.05) is 0 Å². The normalized spacial score (nSPS) is 11.4. The fourth-order valence-electron chi connectivity index (χ4n) is 2.73. The zero-order chi connectivity index (χ0) is 14.6. The molecule has 0 atom stereocenters. The third-order valence-electron chi connectivity index (χ3n) is 3.66. The Bertz CT molecular complexity index is 1090. The van der Waals surface area contributed by atoms with E-state index in [9.17, 15) is 14.9 Å². The van der Waals surface area contributed by atoms with Gasteiger partial charge in [0, 0.05) is 28.4 Å². The standard InChI is InChI=1S/C15H9N3O3/c19-15-13-10-7-8(18(20)21)5-6-12(10)16-14(13)9-3-1-2-4-11(9)17-15/h1-7,16H,(H,17,19). The van der Waals surface area contributed by atoms with Gasteiger partial charge in [-0.05, 0) is 12.1 Å². The molecule has 0 saturated heterocycles. The van der Waals surface area contributed by atoms with Gasteiger partial charge in [0.05, 0.1) is 21.3 Å². The Hall–Kier alpha value is -3.15. The van der Waals surface area contributed by atoms with E-state index in [0.717, 1.165) is 10.9 Å². The monoisotopic (exact) mass is 279 g/mol. The molecule has 0 amide bonds. The summed E-state index contributed by atoms with van der Waals surface area (Å²) < 4.78 is 0. The highest BCUT2D eigenvalue weighted by Gasteiger charge is 2.14. The first-order valence-electron chi connectivity index (χ1n) is 6.36. The topological polar surface area (TPSA) is 91.8 Å². The minimum atomic E-state index is -0.465. The lowest BCUT2D eigenvalue weighted by molar-refractivity contribution is -0.384. The number of nitro groups is 1. The van der Waals surface area contributed by atoms with Gasteiger partial charge in [0.15, 0.2) is 0 Å². The van der Waals surface area contributed by atoms with Crippen molar-refractivity contribution in [3.63, 3.8) is 0 Å². The van der Waals surface area contributed by atoms with E-state index in [4.69, 9.17) is 0 Å². The third-order valence-corrected chi connectivity index (χ3v) is 3.66. The van der Waals surface area contributed by atoms with Crippen LogP contribution in [0.25, 0.3) is 32.7 Å². The summed E-state index contributed by atoms with van der Waals surface area (Å²) in [4.78, 5) is 28.7. The number of pyridine rings is 1. The maximum atomic E-state index is 12.3. The van der Waals surface area contributed by atoms with Gasteiger partial charge in [0.25, 0.3) is 11.2 Å². The Morgan fingerprint density at radius 1 is 0.952 bits per heavy atom. The molecule has 102 valence electrons. The fraction of sp³-hybridized carbons (Fsp3) is 0. The molecule has 0 aliphatic carbocycles. The van der Waals surface area contributed by atoms with Crippen LogP contribution in [0.3, 0.4) is 0 Å². The van der Waals surface area contributed by atoms with Gasteiger partial charge in [-0.2, -0.15) is 0 Å². The summed E-state index contributed by atoms with van der Waals surface area (Å²) in [5, 5.41) is 12.8. The molecule has 4 rings (SSSR count). The van der Waals surface area contributed by atoms with Crippen molar-refractivity contribution in [1.29, 1.82) is 0 Å². The van der Waals surface area contributed by atoms with Crippen molar-refractivity contribution in [3.05, 3.63) is 62.9 Å². The first kappa shape index (κ1) is 11.7. The third kappa shape index (κ3) is 1.56. The van der Waals surface area contributed by atoms with Crippen molar-refractivity contribution in [1.82, 2.24) is 9.97 Å². The molecule has 0 aliphatic heterocycles. The van der Waals surface area contributed by atoms with Gasteiger partial charge >= 0.3 is 0 Å². The van der Waals surface area contributed by atoms with Crippen molar-refractivity contribution < 1.29 is 4.92 Å². The van der Waals surface area contributed by atoms with Crippen LogP contribution in [-0.4, -0.2) is 14.9 Å². The minimum absolute atomic E-state index is 0.0315. The molecule has 6 heteroatoms. The van der Waals surface area contributed by atoms with E-state index >= 15 is 0 Å². The molecule has 0 bridgehead atoms. The number of hydrogen-bond donors (Lipinski definition) is 2. The van der Waals surface area contributed by atoms with Gasteiger partial charge in [0.1, 0.15) is 0 Å². The van der Waals surface area contributed by atoms with E-state index in [1.54, 1.807) is 6.07 Å². The van der Waals surface area contributed by atoms with Gasteiger partial charge in [-0.15, -0.1) is 0 Å². The summed E-state index contributed by atoms with van der Waals surface area (Å²) in [6.07, 6.45) is 0. The van der Waals surface area contributed by atoms with Gasteiger partial charge in [-0.25, -0.2) is 0 Å². The molecular weight excluding hydrogens is 270 g/mol. The predicted octanol–water partition coefficient (Wildman–Crippen LogP) is 3.07. The highest BCUT2D eigenvalue weighted by molar-refractivity contribution is 6.15. The number of hydrogen-bond acceptors (Lipinski definition) is 3. The van der Waals surface area contributed by atoms with Gasteiger partial charge in [-0.1, -0.05) is 18.2 Å². The minimum Gasteiger partial charge on any atom is -0.354 e. The van der Waals surface area contributed by atoms with E-state index in [1.165, 1.54) is 12.1 Å². The molecule has 0 saturated carbocycles. The zero-order valence-corrected chi connectivity index (χ0v) is 10.7. The lowest BCUT2D eigenvalue weighted by atomic mass is 10.1. The van der Waals surface area contributed by atoms with E-state index in [0.29, 0.717) is 21.8 Å². The molecule has 6 nitrogen and oxygen atoms in total. The number of benzene rings is 2. The van der Waals surface area contributed by atoms with Crippen LogP contribution in [0.2, 0.25) is 0 Å². The first-order valence-corrected chi connectivity index (χ1v) is 6.36. The van der Waals surface area contributed by atoms with E-state index < -0.39 is 4.92 Å². The number of nitro benzene ring substituents is 1. The van der Waals surface area contributed by atoms with Gasteiger partial charge < -0.3 is 9.97 Å². The van der Waals surface area contributed by atoms with Crippen LogP contribution in [0.15, 0.2) is 47.3 Å². The summed E-state index contributed by atoms with van der Waals surface area (Å²) in [6, 6.07) is 11.9. The summed E-state index contributed by atoms with van der Waals surface area (Å²) in [6.45, 7) is 0. The van der Waals surface area contributed by atoms with E-state index in [1.807, 2.05) is 24.3 Å². The van der Waals surface area contributed by atoms with Crippen LogP contribution in [0, 0.1) is 10.1 Å². The predicted molar refractivity (Wildman–Crippen MR) is 80.6 cm³/mol. The van der Waals surface area contributed by atoms with Crippen LogP contribution < -0.4 is 5.56 Å². The molecular formula is C15H9N3O3. The SMILES string of the molecule is O=c1[nH]c2ccccc2c2[nH]c3ccc([N+](=O)[O-])cc3c12. The number of aromatic nitrogens is 2.